The van der Waals surface area contributed by atoms with Gasteiger partial charge in [-0.15, -0.1) is 0 Å². The van der Waals surface area contributed by atoms with Crippen LogP contribution in [0, 0.1) is 13.8 Å². The summed E-state index contributed by atoms with van der Waals surface area (Å²) < 4.78 is 38.5. The Labute approximate surface area is 165 Å². The van der Waals surface area contributed by atoms with Crippen molar-refractivity contribution in [2.75, 3.05) is 26.9 Å². The van der Waals surface area contributed by atoms with E-state index >= 15 is 0 Å². The summed E-state index contributed by atoms with van der Waals surface area (Å²) in [6, 6.07) is -0.720. The zero-order valence-corrected chi connectivity index (χ0v) is 17.4. The highest BCUT2D eigenvalue weighted by Crippen LogP contribution is 2.29. The second-order valence-corrected chi connectivity index (χ2v) is 9.39. The summed E-state index contributed by atoms with van der Waals surface area (Å²) in [5, 5.41) is -0.297. The van der Waals surface area contributed by atoms with Crippen LogP contribution in [-0.2, 0) is 19.6 Å². The van der Waals surface area contributed by atoms with Gasteiger partial charge in [-0.3, -0.25) is 4.79 Å². The molecule has 1 aromatic rings. The first-order valence-corrected chi connectivity index (χ1v) is 11.1. The zero-order chi connectivity index (χ0) is 20.3. The fourth-order valence-electron chi connectivity index (χ4n) is 3.44. The van der Waals surface area contributed by atoms with E-state index in [9.17, 15) is 13.2 Å². The predicted molar refractivity (Wildman–Crippen MR) is 102 cm³/mol. The van der Waals surface area contributed by atoms with Gasteiger partial charge >= 0.3 is 0 Å². The van der Waals surface area contributed by atoms with Gasteiger partial charge in [0.05, 0.1) is 17.9 Å². The molecule has 28 heavy (non-hydrogen) atoms. The predicted octanol–water partition coefficient (Wildman–Crippen LogP) is 0.560. The Hall–Kier alpha value is -1.78. The molecular weight excluding hydrogens is 384 g/mol. The number of methoxy groups -OCH3 is 1. The maximum atomic E-state index is 12.8. The number of ether oxygens (including phenoxy) is 2. The molecule has 1 amide bonds. The number of nitrogens with zero attached hydrogens (tertiary/aromatic N) is 3. The maximum Gasteiger partial charge on any atom is 0.260 e. The minimum atomic E-state index is -3.34. The lowest BCUT2D eigenvalue weighted by Gasteiger charge is -2.41. The van der Waals surface area contributed by atoms with Crippen LogP contribution >= 0.6 is 0 Å². The van der Waals surface area contributed by atoms with Crippen LogP contribution in [0.1, 0.15) is 36.9 Å². The topological polar surface area (TPSA) is 111 Å². The molecule has 1 unspecified atom stereocenters. The molecule has 1 aliphatic carbocycles. The number of nitrogens with one attached hydrogen (secondary N) is 1. The Kier molecular flexibility index (Phi) is 6.51. The number of amides is 1. The van der Waals surface area contributed by atoms with Crippen molar-refractivity contribution in [2.24, 2.45) is 0 Å². The summed E-state index contributed by atoms with van der Waals surface area (Å²) in [6.45, 7) is 4.32. The second kappa shape index (κ2) is 8.71. The molecule has 1 saturated carbocycles. The third-order valence-corrected chi connectivity index (χ3v) is 7.32. The molecule has 156 valence electrons. The maximum absolute atomic E-state index is 12.8. The molecule has 2 atom stereocenters. The van der Waals surface area contributed by atoms with E-state index in [1.165, 1.54) is 6.33 Å². The summed E-state index contributed by atoms with van der Waals surface area (Å²) in [5.74, 6) is 0.167. The van der Waals surface area contributed by atoms with Gasteiger partial charge in [0, 0.05) is 31.0 Å². The van der Waals surface area contributed by atoms with Crippen molar-refractivity contribution in [2.45, 2.75) is 56.9 Å². The van der Waals surface area contributed by atoms with E-state index in [1.54, 1.807) is 12.0 Å². The van der Waals surface area contributed by atoms with Crippen LogP contribution in [0.25, 0.3) is 0 Å². The Balaban J connectivity index is 1.67. The van der Waals surface area contributed by atoms with E-state index in [2.05, 4.69) is 14.7 Å². The molecule has 0 spiro atoms. The van der Waals surface area contributed by atoms with E-state index in [0.717, 1.165) is 17.7 Å². The van der Waals surface area contributed by atoms with Crippen molar-refractivity contribution in [3.8, 4) is 5.88 Å². The standard InChI is InChI=1S/C18H28N4O5S/c1-12-13(2)19-11-20-18(12)27-10-17(23)22-8-4-5-15(16(22)9-26-3)21-28(24,25)14-6-7-14/h11,14-16,21H,4-10H2,1-3H3/t15?,16-/m0/s1. The largest absolute Gasteiger partial charge is 0.467 e. The van der Waals surface area contributed by atoms with Crippen molar-refractivity contribution in [1.82, 2.24) is 19.6 Å². The average Bonchev–Trinajstić information content (AvgIpc) is 3.50. The molecule has 0 radical (unpaired) electrons. The zero-order valence-electron chi connectivity index (χ0n) is 16.6. The highest BCUT2D eigenvalue weighted by atomic mass is 32.2. The molecule has 0 aromatic carbocycles. The van der Waals surface area contributed by atoms with Gasteiger partial charge in [0.25, 0.3) is 5.91 Å². The third kappa shape index (κ3) is 4.79. The molecule has 9 nitrogen and oxygen atoms in total. The van der Waals surface area contributed by atoms with Gasteiger partial charge in [0.2, 0.25) is 15.9 Å². The molecule has 1 aliphatic heterocycles. The van der Waals surface area contributed by atoms with Gasteiger partial charge < -0.3 is 14.4 Å². The number of carbonyl (C=O) groups excluding carboxylic acids is 1. The normalized spacial score (nSPS) is 22.9. The molecule has 2 heterocycles. The van der Waals surface area contributed by atoms with Gasteiger partial charge in [0.1, 0.15) is 6.33 Å². The third-order valence-electron chi connectivity index (χ3n) is 5.34. The molecule has 1 N–H and O–H groups in total. The van der Waals surface area contributed by atoms with E-state index in [4.69, 9.17) is 9.47 Å². The van der Waals surface area contributed by atoms with Crippen molar-refractivity contribution in [1.29, 1.82) is 0 Å². The summed E-state index contributed by atoms with van der Waals surface area (Å²) in [5.41, 5.74) is 1.58. The van der Waals surface area contributed by atoms with Crippen molar-refractivity contribution < 1.29 is 22.7 Å². The lowest BCUT2D eigenvalue weighted by molar-refractivity contribution is -0.139. The number of piperidine rings is 1. The lowest BCUT2D eigenvalue weighted by Crippen LogP contribution is -2.59. The molecule has 2 fully saturated rings. The molecule has 1 aromatic heterocycles. The number of likely N-dealkylation sites (tertiary alicyclic amines) is 1. The van der Waals surface area contributed by atoms with Gasteiger partial charge in [0.15, 0.2) is 6.61 Å². The monoisotopic (exact) mass is 412 g/mol. The first-order chi connectivity index (χ1) is 13.3. The highest BCUT2D eigenvalue weighted by molar-refractivity contribution is 7.90. The van der Waals surface area contributed by atoms with E-state index in [-0.39, 0.29) is 36.5 Å². The smallest absolute Gasteiger partial charge is 0.260 e. The first-order valence-electron chi connectivity index (χ1n) is 9.54. The Bertz CT molecular complexity index is 812. The van der Waals surface area contributed by atoms with E-state index in [1.807, 2.05) is 13.8 Å². The minimum absolute atomic E-state index is 0.167. The molecular formula is C18H28N4O5S. The molecule has 0 bridgehead atoms. The summed E-state index contributed by atoms with van der Waals surface area (Å²) in [4.78, 5) is 22.7. The number of aromatic nitrogens is 2. The van der Waals surface area contributed by atoms with Crippen LogP contribution in [0.5, 0.6) is 5.88 Å². The number of rotatable bonds is 8. The fourth-order valence-corrected chi connectivity index (χ4v) is 5.09. The summed E-state index contributed by atoms with van der Waals surface area (Å²) in [7, 11) is -1.80. The summed E-state index contributed by atoms with van der Waals surface area (Å²) in [6.07, 6.45) is 4.19. The van der Waals surface area contributed by atoms with Crippen LogP contribution in [0.4, 0.5) is 0 Å². The second-order valence-electron chi connectivity index (χ2n) is 7.40. The molecule has 2 aliphatic rings. The SMILES string of the molecule is COC[C@H]1C(NS(=O)(=O)C2CC2)CCCN1C(=O)COc1ncnc(C)c1C. The van der Waals surface area contributed by atoms with Crippen LogP contribution in [0.2, 0.25) is 0 Å². The van der Waals surface area contributed by atoms with Crippen molar-refractivity contribution >= 4 is 15.9 Å². The van der Waals surface area contributed by atoms with Gasteiger partial charge in [-0.2, -0.15) is 0 Å². The van der Waals surface area contributed by atoms with E-state index < -0.39 is 10.0 Å². The Morgan fingerprint density at radius 3 is 2.71 bits per heavy atom. The molecule has 3 rings (SSSR count). The van der Waals surface area contributed by atoms with Crippen LogP contribution in [0.15, 0.2) is 6.33 Å². The summed E-state index contributed by atoms with van der Waals surface area (Å²) >= 11 is 0. The lowest BCUT2D eigenvalue weighted by atomic mass is 9.97. The number of hydrogen-bond donors (Lipinski definition) is 1. The van der Waals surface area contributed by atoms with E-state index in [0.29, 0.717) is 31.7 Å². The number of sulfonamides is 1. The number of carbonyl (C=O) groups is 1. The Morgan fingerprint density at radius 1 is 1.29 bits per heavy atom. The first kappa shape index (κ1) is 20.9. The van der Waals surface area contributed by atoms with Gasteiger partial charge in [-0.05, 0) is 39.5 Å². The fraction of sp³-hybridized carbons (Fsp3) is 0.722. The highest BCUT2D eigenvalue weighted by Gasteiger charge is 2.41. The molecule has 1 saturated heterocycles. The number of hydrogen-bond acceptors (Lipinski definition) is 7. The quantitative estimate of drug-likeness (QED) is 0.664. The Morgan fingerprint density at radius 2 is 2.04 bits per heavy atom. The average molecular weight is 413 g/mol. The van der Waals surface area contributed by atoms with Gasteiger partial charge in [-0.25, -0.2) is 23.1 Å². The van der Waals surface area contributed by atoms with Gasteiger partial charge in [-0.1, -0.05) is 0 Å². The van der Waals surface area contributed by atoms with Crippen LogP contribution in [-0.4, -0.2) is 73.4 Å². The van der Waals surface area contributed by atoms with Crippen molar-refractivity contribution in [3.63, 3.8) is 0 Å². The number of aryl methyl sites for hydroxylation is 1. The van der Waals surface area contributed by atoms with Crippen molar-refractivity contribution in [3.05, 3.63) is 17.6 Å². The molecule has 10 heteroatoms. The van der Waals surface area contributed by atoms with Crippen LogP contribution < -0.4 is 9.46 Å². The van der Waals surface area contributed by atoms with Crippen LogP contribution in [0.3, 0.4) is 0 Å². The minimum Gasteiger partial charge on any atom is -0.467 e.